The summed E-state index contributed by atoms with van der Waals surface area (Å²) in [6.07, 6.45) is -4.76. The molecule has 0 saturated heterocycles. The summed E-state index contributed by atoms with van der Waals surface area (Å²) < 4.78 is 40.6. The number of hydrogen-bond acceptors (Lipinski definition) is 3. The Kier molecular flexibility index (Phi) is 3.31. The van der Waals surface area contributed by atoms with Crippen molar-refractivity contribution in [2.75, 3.05) is 5.32 Å². The van der Waals surface area contributed by atoms with Crippen LogP contribution in [0.15, 0.2) is 36.4 Å². The summed E-state index contributed by atoms with van der Waals surface area (Å²) in [7, 11) is 0. The number of rotatable bonds is 2. The number of carboxylic acids is 1. The summed E-state index contributed by atoms with van der Waals surface area (Å²) in [5.74, 6) is -1.30. The molecule has 1 aromatic heterocycles. The molecule has 116 valence electrons. The number of halogens is 3. The van der Waals surface area contributed by atoms with Crippen molar-refractivity contribution in [3.05, 3.63) is 47.7 Å². The van der Waals surface area contributed by atoms with Crippen LogP contribution in [0.5, 0.6) is 0 Å². The Hall–Kier alpha value is -2.51. The summed E-state index contributed by atoms with van der Waals surface area (Å²) in [4.78, 5) is 10.9. The number of benzene rings is 1. The SMILES string of the molecule is O=C(O)c1cc2n(n1)[C@H](C(F)(F)F)C[C@H](c1ccccc1)N2. The van der Waals surface area contributed by atoms with Gasteiger partial charge in [0.2, 0.25) is 0 Å². The van der Waals surface area contributed by atoms with Gasteiger partial charge in [0, 0.05) is 12.5 Å². The minimum atomic E-state index is -4.51. The van der Waals surface area contributed by atoms with Gasteiger partial charge in [-0.05, 0) is 5.56 Å². The van der Waals surface area contributed by atoms with Crippen LogP contribution in [-0.4, -0.2) is 27.0 Å². The van der Waals surface area contributed by atoms with E-state index in [9.17, 15) is 18.0 Å². The normalized spacial score (nSPS) is 21.0. The number of aromatic nitrogens is 2. The number of fused-ring (bicyclic) bond motifs is 1. The largest absolute Gasteiger partial charge is 0.476 e. The van der Waals surface area contributed by atoms with Gasteiger partial charge in [-0.25, -0.2) is 9.48 Å². The number of nitrogens with zero attached hydrogens (tertiary/aromatic N) is 2. The lowest BCUT2D eigenvalue weighted by Crippen LogP contribution is -2.35. The third-order valence-electron chi connectivity index (χ3n) is 3.61. The van der Waals surface area contributed by atoms with Crippen molar-refractivity contribution in [2.24, 2.45) is 0 Å². The monoisotopic (exact) mass is 311 g/mol. The van der Waals surface area contributed by atoms with Crippen LogP contribution < -0.4 is 5.32 Å². The summed E-state index contributed by atoms with van der Waals surface area (Å²) in [6.45, 7) is 0. The smallest absolute Gasteiger partial charge is 0.410 e. The van der Waals surface area contributed by atoms with E-state index in [1.165, 1.54) is 0 Å². The van der Waals surface area contributed by atoms with Crippen LogP contribution in [0.2, 0.25) is 0 Å². The van der Waals surface area contributed by atoms with Gasteiger partial charge in [0.25, 0.3) is 0 Å². The number of carbonyl (C=O) groups is 1. The number of nitrogens with one attached hydrogen (secondary N) is 1. The van der Waals surface area contributed by atoms with Gasteiger partial charge < -0.3 is 10.4 Å². The first-order valence-electron chi connectivity index (χ1n) is 6.57. The molecule has 8 heteroatoms. The number of aromatic carboxylic acids is 1. The zero-order chi connectivity index (χ0) is 15.9. The van der Waals surface area contributed by atoms with Gasteiger partial charge in [-0.3, -0.25) is 0 Å². The Labute approximate surface area is 123 Å². The summed E-state index contributed by atoms with van der Waals surface area (Å²) in [5.41, 5.74) is 0.298. The molecule has 0 spiro atoms. The highest BCUT2D eigenvalue weighted by molar-refractivity contribution is 5.86. The predicted octanol–water partition coefficient (Wildman–Crippen LogP) is 3.24. The van der Waals surface area contributed by atoms with Gasteiger partial charge in [0.15, 0.2) is 11.7 Å². The van der Waals surface area contributed by atoms with E-state index in [1.54, 1.807) is 30.3 Å². The van der Waals surface area contributed by atoms with Crippen LogP contribution in [-0.2, 0) is 0 Å². The van der Waals surface area contributed by atoms with Crippen LogP contribution >= 0.6 is 0 Å². The lowest BCUT2D eigenvalue weighted by Gasteiger charge is -2.33. The van der Waals surface area contributed by atoms with E-state index in [1.807, 2.05) is 0 Å². The molecule has 0 amide bonds. The van der Waals surface area contributed by atoms with E-state index in [4.69, 9.17) is 5.11 Å². The maximum Gasteiger partial charge on any atom is 0.410 e. The van der Waals surface area contributed by atoms with Crippen molar-refractivity contribution in [3.63, 3.8) is 0 Å². The Bertz CT molecular complexity index is 697. The maximum absolute atomic E-state index is 13.3. The molecule has 0 unspecified atom stereocenters. The predicted molar refractivity (Wildman–Crippen MR) is 71.7 cm³/mol. The van der Waals surface area contributed by atoms with Crippen molar-refractivity contribution < 1.29 is 23.1 Å². The van der Waals surface area contributed by atoms with Gasteiger partial charge >= 0.3 is 12.1 Å². The highest BCUT2D eigenvalue weighted by Gasteiger charge is 2.46. The second-order valence-corrected chi connectivity index (χ2v) is 5.07. The Morgan fingerprint density at radius 2 is 2.00 bits per heavy atom. The van der Waals surface area contributed by atoms with Gasteiger partial charge in [-0.2, -0.15) is 18.3 Å². The van der Waals surface area contributed by atoms with Gasteiger partial charge in [0.1, 0.15) is 5.82 Å². The van der Waals surface area contributed by atoms with Crippen LogP contribution in [0.25, 0.3) is 0 Å². The number of hydrogen-bond donors (Lipinski definition) is 2. The third-order valence-corrected chi connectivity index (χ3v) is 3.61. The molecule has 2 N–H and O–H groups in total. The molecule has 2 aromatic rings. The third kappa shape index (κ3) is 2.51. The molecule has 3 rings (SSSR count). The molecule has 2 atom stereocenters. The average Bonchev–Trinajstić information content (AvgIpc) is 2.90. The minimum absolute atomic E-state index is 0.0554. The van der Waals surface area contributed by atoms with E-state index < -0.39 is 29.9 Å². The molecule has 22 heavy (non-hydrogen) atoms. The summed E-state index contributed by atoms with van der Waals surface area (Å²) in [6, 6.07) is 7.43. The molecule has 5 nitrogen and oxygen atoms in total. The molecule has 0 fully saturated rings. The van der Waals surface area contributed by atoms with Crippen LogP contribution in [0.4, 0.5) is 19.0 Å². The van der Waals surface area contributed by atoms with E-state index in [2.05, 4.69) is 10.4 Å². The molecule has 1 aliphatic heterocycles. The lowest BCUT2D eigenvalue weighted by molar-refractivity contribution is -0.173. The van der Waals surface area contributed by atoms with Crippen molar-refractivity contribution in [3.8, 4) is 0 Å². The zero-order valence-electron chi connectivity index (χ0n) is 11.2. The molecule has 1 aliphatic rings. The first-order chi connectivity index (χ1) is 10.4. The maximum atomic E-state index is 13.3. The quantitative estimate of drug-likeness (QED) is 0.893. The van der Waals surface area contributed by atoms with E-state index in [0.29, 0.717) is 10.2 Å². The average molecular weight is 311 g/mol. The Morgan fingerprint density at radius 3 is 2.59 bits per heavy atom. The molecule has 0 aliphatic carbocycles. The summed E-state index contributed by atoms with van der Waals surface area (Å²) in [5, 5.41) is 15.4. The molecule has 1 aromatic carbocycles. The van der Waals surface area contributed by atoms with Crippen LogP contribution in [0.3, 0.4) is 0 Å². The van der Waals surface area contributed by atoms with E-state index in [-0.39, 0.29) is 12.2 Å². The Morgan fingerprint density at radius 1 is 1.32 bits per heavy atom. The van der Waals surface area contributed by atoms with Crippen molar-refractivity contribution in [1.82, 2.24) is 9.78 Å². The molecular weight excluding hydrogens is 299 g/mol. The van der Waals surface area contributed by atoms with Crippen LogP contribution in [0, 0.1) is 0 Å². The minimum Gasteiger partial charge on any atom is -0.476 e. The fourth-order valence-electron chi connectivity index (χ4n) is 2.58. The molecule has 0 bridgehead atoms. The van der Waals surface area contributed by atoms with Gasteiger partial charge in [0.05, 0.1) is 6.04 Å². The molecule has 0 radical (unpaired) electrons. The first kappa shape index (κ1) is 14.4. The topological polar surface area (TPSA) is 67.1 Å². The lowest BCUT2D eigenvalue weighted by atomic mass is 9.97. The Balaban J connectivity index is 2.03. The molecule has 0 saturated carbocycles. The second-order valence-electron chi connectivity index (χ2n) is 5.07. The van der Waals surface area contributed by atoms with Crippen molar-refractivity contribution in [2.45, 2.75) is 24.7 Å². The molecule has 2 heterocycles. The van der Waals surface area contributed by atoms with Gasteiger partial charge in [-0.1, -0.05) is 30.3 Å². The highest BCUT2D eigenvalue weighted by Crippen LogP contribution is 2.43. The highest BCUT2D eigenvalue weighted by atomic mass is 19.4. The number of anilines is 1. The van der Waals surface area contributed by atoms with Crippen molar-refractivity contribution >= 4 is 11.8 Å². The summed E-state index contributed by atoms with van der Waals surface area (Å²) >= 11 is 0. The molecular formula is C14H12F3N3O2. The number of alkyl halides is 3. The second kappa shape index (κ2) is 5.04. The van der Waals surface area contributed by atoms with E-state index in [0.717, 1.165) is 6.07 Å². The van der Waals surface area contributed by atoms with Crippen LogP contribution in [0.1, 0.15) is 34.6 Å². The van der Waals surface area contributed by atoms with E-state index >= 15 is 0 Å². The van der Waals surface area contributed by atoms with Gasteiger partial charge in [-0.15, -0.1) is 0 Å². The van der Waals surface area contributed by atoms with Crippen molar-refractivity contribution in [1.29, 1.82) is 0 Å². The zero-order valence-corrected chi connectivity index (χ0v) is 11.2. The fraction of sp³-hybridized carbons (Fsp3) is 0.286. The first-order valence-corrected chi connectivity index (χ1v) is 6.57. The fourth-order valence-corrected chi connectivity index (χ4v) is 2.58. The standard InChI is InChI=1S/C14H12F3N3O2/c15-14(16,17)11-6-9(8-4-2-1-3-5-8)18-12-7-10(13(21)22)19-20(11)12/h1-5,7,9,11,18H,6H2,(H,21,22)/t9-,11+/m1/s1. The number of carboxylic acid groups (broad SMARTS) is 1.